The number of carbonyl (C=O) groups excluding carboxylic acids is 4. The van der Waals surface area contributed by atoms with Crippen molar-refractivity contribution in [1.82, 2.24) is 10.2 Å². The molecule has 1 amide bonds. The molecule has 0 spiro atoms. The highest BCUT2D eigenvalue weighted by Gasteiger charge is 2.48. The maximum Gasteiger partial charge on any atom is 0.602 e. The Morgan fingerprint density at radius 3 is 2.35 bits per heavy atom. The number of Topliss-reactive ketones (excluding diaryl/α,β-unsaturated/α-hetero) is 1. The van der Waals surface area contributed by atoms with Crippen molar-refractivity contribution in [3.63, 3.8) is 0 Å². The Kier molecular flexibility index (Phi) is 8.98. The van der Waals surface area contributed by atoms with Gasteiger partial charge in [0.1, 0.15) is 12.1 Å². The zero-order chi connectivity index (χ0) is 25.0. The number of ketones is 1. The summed E-state index contributed by atoms with van der Waals surface area (Å²) in [5.41, 5.74) is 0.154. The number of amides is 1. The Balaban J connectivity index is 1.68. The molecular formula is C22H27BCl2N2O7. The van der Waals surface area contributed by atoms with Crippen molar-refractivity contribution in [3.8, 4) is 0 Å². The molecule has 0 aliphatic carbocycles. The SMILES string of the molecule is CC(C)C[C@H](CC(=O)CNC(=O)c1cc(Cl)ccc1Cl)B1OC(=O)[C@@H]2COC[C@@H](C(=O)O1)N2C. The fourth-order valence-electron chi connectivity index (χ4n) is 4.02. The van der Waals surface area contributed by atoms with Gasteiger partial charge in [-0.05, 0) is 37.6 Å². The first-order valence-electron chi connectivity index (χ1n) is 11.0. The molecule has 3 atom stereocenters. The number of carbonyl (C=O) groups is 4. The number of ether oxygens (including phenoxy) is 1. The summed E-state index contributed by atoms with van der Waals surface area (Å²) >= 11 is 12.0. The first-order valence-corrected chi connectivity index (χ1v) is 11.8. The van der Waals surface area contributed by atoms with E-state index in [2.05, 4.69) is 5.32 Å². The van der Waals surface area contributed by atoms with Crippen LogP contribution in [0, 0.1) is 5.92 Å². The first-order chi connectivity index (χ1) is 16.1. The minimum Gasteiger partial charge on any atom is -0.498 e. The zero-order valence-electron chi connectivity index (χ0n) is 19.2. The van der Waals surface area contributed by atoms with Crippen LogP contribution in [0.15, 0.2) is 18.2 Å². The molecule has 2 heterocycles. The molecule has 2 bridgehead atoms. The van der Waals surface area contributed by atoms with Crippen molar-refractivity contribution < 1.29 is 33.2 Å². The number of halogens is 2. The highest BCUT2D eigenvalue weighted by molar-refractivity contribution is 6.51. The van der Waals surface area contributed by atoms with Crippen molar-refractivity contribution in [2.45, 2.75) is 44.6 Å². The topological polar surface area (TPSA) is 111 Å². The quantitative estimate of drug-likeness (QED) is 0.528. The van der Waals surface area contributed by atoms with E-state index in [9.17, 15) is 19.2 Å². The van der Waals surface area contributed by atoms with Crippen LogP contribution in [0.25, 0.3) is 0 Å². The molecule has 12 heteroatoms. The van der Waals surface area contributed by atoms with Crippen LogP contribution in [-0.2, 0) is 28.4 Å². The number of nitrogens with zero attached hydrogens (tertiary/aromatic N) is 1. The van der Waals surface area contributed by atoms with Crippen LogP contribution in [0.5, 0.6) is 0 Å². The molecule has 9 nitrogen and oxygen atoms in total. The molecule has 2 fully saturated rings. The molecule has 3 rings (SSSR count). The van der Waals surface area contributed by atoms with Gasteiger partial charge in [-0.3, -0.25) is 24.1 Å². The minimum atomic E-state index is -1.21. The number of rotatable bonds is 8. The molecule has 1 aromatic carbocycles. The number of nitrogens with one attached hydrogen (secondary N) is 1. The van der Waals surface area contributed by atoms with Gasteiger partial charge < -0.3 is 19.4 Å². The Hall–Kier alpha value is -2.14. The van der Waals surface area contributed by atoms with Crippen molar-refractivity contribution >= 4 is 53.9 Å². The number of hydrogen-bond donors (Lipinski definition) is 1. The molecule has 184 valence electrons. The maximum atomic E-state index is 12.7. The van der Waals surface area contributed by atoms with E-state index in [4.69, 9.17) is 37.2 Å². The van der Waals surface area contributed by atoms with Gasteiger partial charge in [0.2, 0.25) is 0 Å². The number of fused-ring (bicyclic) bond motifs is 2. The zero-order valence-corrected chi connectivity index (χ0v) is 20.7. The van der Waals surface area contributed by atoms with Crippen molar-refractivity contribution in [3.05, 3.63) is 33.8 Å². The first kappa shape index (κ1) is 26.5. The lowest BCUT2D eigenvalue weighted by Crippen LogP contribution is -2.61. The Bertz CT molecular complexity index is 935. The van der Waals surface area contributed by atoms with Gasteiger partial charge in [-0.15, -0.1) is 0 Å². The molecule has 0 aromatic heterocycles. The standard InChI is InChI=1S/C22H27BCl2N2O7/c1-12(2)6-13(7-15(28)9-26-20(29)16-8-14(24)4-5-17(16)25)23-33-21(30)18-10-32-11-19(27(18)3)22(31)34-23/h4-5,8,12-13,18-19H,6-7,9-11H2,1-3H3,(H,26,29)/t13-,18+,19+/m1/s1. The fourth-order valence-corrected chi connectivity index (χ4v) is 4.40. The summed E-state index contributed by atoms with van der Waals surface area (Å²) in [6.45, 7) is 3.84. The Morgan fingerprint density at radius 2 is 1.76 bits per heavy atom. The average molecular weight is 513 g/mol. The highest BCUT2D eigenvalue weighted by Crippen LogP contribution is 2.30. The largest absolute Gasteiger partial charge is 0.602 e. The van der Waals surface area contributed by atoms with E-state index in [1.165, 1.54) is 12.1 Å². The molecule has 1 aromatic rings. The summed E-state index contributed by atoms with van der Waals surface area (Å²) in [6, 6.07) is 3.00. The van der Waals surface area contributed by atoms with E-state index in [1.54, 1.807) is 18.0 Å². The fraction of sp³-hybridized carbons (Fsp3) is 0.545. The van der Waals surface area contributed by atoms with Crippen molar-refractivity contribution in [2.75, 3.05) is 26.8 Å². The number of morpholine rings is 1. The third-order valence-corrected chi connectivity index (χ3v) is 6.38. The van der Waals surface area contributed by atoms with Gasteiger partial charge >= 0.3 is 19.1 Å². The smallest absolute Gasteiger partial charge is 0.498 e. The van der Waals surface area contributed by atoms with Gasteiger partial charge in [-0.25, -0.2) is 0 Å². The summed E-state index contributed by atoms with van der Waals surface area (Å²) in [5.74, 6) is -2.44. The van der Waals surface area contributed by atoms with E-state index in [0.29, 0.717) is 11.4 Å². The van der Waals surface area contributed by atoms with Crippen LogP contribution in [0.4, 0.5) is 0 Å². The molecule has 0 unspecified atom stereocenters. The Labute approximate surface area is 208 Å². The monoisotopic (exact) mass is 512 g/mol. The molecular weight excluding hydrogens is 486 g/mol. The van der Waals surface area contributed by atoms with E-state index in [1.807, 2.05) is 13.8 Å². The van der Waals surface area contributed by atoms with Gasteiger partial charge in [0.15, 0.2) is 5.78 Å². The van der Waals surface area contributed by atoms with Crippen molar-refractivity contribution in [1.29, 1.82) is 0 Å². The van der Waals surface area contributed by atoms with Crippen molar-refractivity contribution in [2.24, 2.45) is 5.92 Å². The van der Waals surface area contributed by atoms with Crippen LogP contribution in [-0.4, -0.2) is 74.5 Å². The summed E-state index contributed by atoms with van der Waals surface area (Å²) in [4.78, 5) is 52.2. The summed E-state index contributed by atoms with van der Waals surface area (Å²) in [6.07, 6.45) is 0.404. The number of likely N-dealkylation sites (N-methyl/N-ethyl adjacent to an activating group) is 1. The van der Waals surface area contributed by atoms with Crippen LogP contribution >= 0.6 is 23.2 Å². The van der Waals surface area contributed by atoms with E-state index >= 15 is 0 Å². The second-order valence-electron chi connectivity index (χ2n) is 8.92. The van der Waals surface area contributed by atoms with Crippen LogP contribution < -0.4 is 5.32 Å². The Morgan fingerprint density at radius 1 is 1.15 bits per heavy atom. The normalized spacial score (nSPS) is 21.9. The minimum absolute atomic E-state index is 0.0609. The average Bonchev–Trinajstić information content (AvgIpc) is 2.77. The molecule has 0 radical (unpaired) electrons. The van der Waals surface area contributed by atoms with Crippen LogP contribution in [0.3, 0.4) is 0 Å². The van der Waals surface area contributed by atoms with Gasteiger partial charge in [-0.1, -0.05) is 37.0 Å². The molecule has 2 aliphatic heterocycles. The summed E-state index contributed by atoms with van der Waals surface area (Å²) in [5, 5.41) is 3.08. The lowest BCUT2D eigenvalue weighted by atomic mass is 9.65. The van der Waals surface area contributed by atoms with Gasteiger partial charge in [0.05, 0.1) is 30.3 Å². The molecule has 34 heavy (non-hydrogen) atoms. The molecule has 2 saturated heterocycles. The highest BCUT2D eigenvalue weighted by atomic mass is 35.5. The third kappa shape index (κ3) is 6.50. The maximum absolute atomic E-state index is 12.7. The third-order valence-electron chi connectivity index (χ3n) is 5.81. The van der Waals surface area contributed by atoms with Crippen LogP contribution in [0.2, 0.25) is 15.9 Å². The van der Waals surface area contributed by atoms with Crippen LogP contribution in [0.1, 0.15) is 37.0 Å². The van der Waals surface area contributed by atoms with E-state index in [0.717, 1.165) is 0 Å². The van der Waals surface area contributed by atoms with E-state index < -0.39 is 42.9 Å². The molecule has 0 saturated carbocycles. The summed E-state index contributed by atoms with van der Waals surface area (Å²) < 4.78 is 16.4. The molecule has 2 aliphatic rings. The van der Waals surface area contributed by atoms with Gasteiger partial charge in [0, 0.05) is 17.3 Å². The van der Waals surface area contributed by atoms with E-state index in [-0.39, 0.29) is 48.5 Å². The summed E-state index contributed by atoms with van der Waals surface area (Å²) in [7, 11) is 0.436. The second kappa shape index (κ2) is 11.5. The number of hydrogen-bond acceptors (Lipinski definition) is 8. The lowest BCUT2D eigenvalue weighted by Gasteiger charge is -2.40. The lowest BCUT2D eigenvalue weighted by molar-refractivity contribution is -0.166. The van der Waals surface area contributed by atoms with Gasteiger partial charge in [0.25, 0.3) is 5.91 Å². The van der Waals surface area contributed by atoms with Gasteiger partial charge in [-0.2, -0.15) is 0 Å². The predicted molar refractivity (Wildman–Crippen MR) is 126 cm³/mol. The second-order valence-corrected chi connectivity index (χ2v) is 9.76. The predicted octanol–water partition coefficient (Wildman–Crippen LogP) is 2.39. The molecule has 1 N–H and O–H groups in total. The number of benzene rings is 1.